The van der Waals surface area contributed by atoms with Gasteiger partial charge in [-0.25, -0.2) is 0 Å². The van der Waals surface area contributed by atoms with Crippen molar-refractivity contribution in [3.8, 4) is 5.75 Å². The lowest BCUT2D eigenvalue weighted by atomic mass is 10.1. The molecule has 2 atom stereocenters. The molecule has 0 fully saturated rings. The normalized spacial score (nSPS) is 11.8. The van der Waals surface area contributed by atoms with Crippen LogP contribution in [-0.2, 0) is 10.9 Å². The highest BCUT2D eigenvalue weighted by atomic mass is 31.1. The number of methoxy groups -OCH3 is 1. The van der Waals surface area contributed by atoms with Gasteiger partial charge in [0, 0.05) is 12.4 Å². The number of rotatable bonds is 7. The molecule has 0 aliphatic carbocycles. The molecule has 0 radical (unpaired) electrons. The SMILES string of the molecule is COCOc1ccc(C)cc1Pc1c(C)cccc1CPC. The zero-order chi connectivity index (χ0) is 15.9. The molecule has 2 rings (SSSR count). The van der Waals surface area contributed by atoms with E-state index in [1.165, 1.54) is 27.3 Å². The van der Waals surface area contributed by atoms with E-state index in [9.17, 15) is 0 Å². The Morgan fingerprint density at radius 3 is 2.64 bits per heavy atom. The molecule has 4 heteroatoms. The molecule has 0 saturated heterocycles. The summed E-state index contributed by atoms with van der Waals surface area (Å²) in [5, 5.41) is 2.72. The molecule has 2 aromatic rings. The predicted octanol–water partition coefficient (Wildman–Crippen LogP) is 3.72. The fourth-order valence-electron chi connectivity index (χ4n) is 2.37. The van der Waals surface area contributed by atoms with Gasteiger partial charge in [-0.05, 0) is 55.2 Å². The molecular weight excluding hydrogens is 310 g/mol. The van der Waals surface area contributed by atoms with Crippen LogP contribution < -0.4 is 15.3 Å². The molecular formula is C18H24O2P2. The Labute approximate surface area is 137 Å². The molecule has 22 heavy (non-hydrogen) atoms. The summed E-state index contributed by atoms with van der Waals surface area (Å²) in [4.78, 5) is 0. The number of benzene rings is 2. The van der Waals surface area contributed by atoms with Crippen molar-refractivity contribution >= 4 is 27.8 Å². The molecule has 0 saturated carbocycles. The smallest absolute Gasteiger partial charge is 0.188 e. The third-order valence-electron chi connectivity index (χ3n) is 3.45. The Kier molecular flexibility index (Phi) is 6.83. The van der Waals surface area contributed by atoms with Gasteiger partial charge >= 0.3 is 0 Å². The molecule has 0 amide bonds. The van der Waals surface area contributed by atoms with E-state index in [4.69, 9.17) is 9.47 Å². The monoisotopic (exact) mass is 334 g/mol. The first kappa shape index (κ1) is 17.4. The van der Waals surface area contributed by atoms with Crippen LogP contribution in [0, 0.1) is 13.8 Å². The highest BCUT2D eigenvalue weighted by Crippen LogP contribution is 2.26. The van der Waals surface area contributed by atoms with Gasteiger partial charge in [-0.1, -0.05) is 38.4 Å². The van der Waals surface area contributed by atoms with Crippen LogP contribution in [0.2, 0.25) is 0 Å². The van der Waals surface area contributed by atoms with Crippen molar-refractivity contribution in [1.29, 1.82) is 0 Å². The summed E-state index contributed by atoms with van der Waals surface area (Å²) >= 11 is 0. The van der Waals surface area contributed by atoms with Gasteiger partial charge in [0.1, 0.15) is 5.75 Å². The molecule has 0 aliphatic heterocycles. The lowest BCUT2D eigenvalue weighted by Gasteiger charge is -2.16. The molecule has 2 aromatic carbocycles. The zero-order valence-electron chi connectivity index (χ0n) is 13.7. The van der Waals surface area contributed by atoms with E-state index in [1.54, 1.807) is 7.11 Å². The van der Waals surface area contributed by atoms with E-state index in [0.717, 1.165) is 20.5 Å². The summed E-state index contributed by atoms with van der Waals surface area (Å²) in [7, 11) is 3.20. The lowest BCUT2D eigenvalue weighted by Crippen LogP contribution is -2.15. The lowest BCUT2D eigenvalue weighted by molar-refractivity contribution is 0.0519. The maximum atomic E-state index is 5.74. The average Bonchev–Trinajstić information content (AvgIpc) is 2.50. The fourth-order valence-corrected chi connectivity index (χ4v) is 4.68. The van der Waals surface area contributed by atoms with Gasteiger partial charge in [-0.15, -0.1) is 8.58 Å². The van der Waals surface area contributed by atoms with Crippen molar-refractivity contribution in [2.24, 2.45) is 0 Å². The predicted molar refractivity (Wildman–Crippen MR) is 100 cm³/mol. The van der Waals surface area contributed by atoms with Crippen molar-refractivity contribution in [3.63, 3.8) is 0 Å². The Bertz CT molecular complexity index is 626. The minimum Gasteiger partial charge on any atom is -0.467 e. The van der Waals surface area contributed by atoms with Gasteiger partial charge < -0.3 is 9.47 Å². The van der Waals surface area contributed by atoms with Gasteiger partial charge in [0.2, 0.25) is 0 Å². The Morgan fingerprint density at radius 1 is 1.09 bits per heavy atom. The molecule has 0 aliphatic rings. The average molecular weight is 334 g/mol. The quantitative estimate of drug-likeness (QED) is 0.567. The van der Waals surface area contributed by atoms with Gasteiger partial charge in [0.25, 0.3) is 0 Å². The van der Waals surface area contributed by atoms with Crippen LogP contribution in [0.1, 0.15) is 16.7 Å². The summed E-state index contributed by atoms with van der Waals surface area (Å²) in [5.41, 5.74) is 4.10. The summed E-state index contributed by atoms with van der Waals surface area (Å²) in [6.45, 7) is 6.88. The maximum absolute atomic E-state index is 5.74. The van der Waals surface area contributed by atoms with E-state index < -0.39 is 0 Å². The van der Waals surface area contributed by atoms with Gasteiger partial charge in [0.15, 0.2) is 6.79 Å². The van der Waals surface area contributed by atoms with E-state index in [2.05, 4.69) is 56.9 Å². The van der Waals surface area contributed by atoms with Crippen LogP contribution in [0.25, 0.3) is 0 Å². The zero-order valence-corrected chi connectivity index (χ0v) is 15.7. The Balaban J connectivity index is 2.36. The summed E-state index contributed by atoms with van der Waals surface area (Å²) in [6.07, 6.45) is 1.16. The Morgan fingerprint density at radius 2 is 1.91 bits per heavy atom. The molecule has 0 bridgehead atoms. The number of hydrogen-bond donors (Lipinski definition) is 0. The minimum atomic E-state index is 0.289. The largest absolute Gasteiger partial charge is 0.467 e. The summed E-state index contributed by atoms with van der Waals surface area (Å²) < 4.78 is 10.8. The van der Waals surface area contributed by atoms with Crippen LogP contribution in [0.15, 0.2) is 36.4 Å². The van der Waals surface area contributed by atoms with Crippen molar-refractivity contribution in [3.05, 3.63) is 53.1 Å². The van der Waals surface area contributed by atoms with E-state index in [1.807, 2.05) is 0 Å². The maximum Gasteiger partial charge on any atom is 0.188 e. The second-order valence-corrected chi connectivity index (χ2v) is 7.66. The molecule has 2 nitrogen and oxygen atoms in total. The van der Waals surface area contributed by atoms with E-state index in [-0.39, 0.29) is 6.79 Å². The second-order valence-electron chi connectivity index (χ2n) is 5.31. The Hall–Kier alpha value is -0.940. The minimum absolute atomic E-state index is 0.289. The van der Waals surface area contributed by atoms with Crippen molar-refractivity contribution < 1.29 is 9.47 Å². The third kappa shape index (κ3) is 4.53. The van der Waals surface area contributed by atoms with Crippen molar-refractivity contribution in [1.82, 2.24) is 0 Å². The van der Waals surface area contributed by atoms with Gasteiger partial charge in [-0.3, -0.25) is 0 Å². The van der Waals surface area contributed by atoms with Gasteiger partial charge in [0.05, 0.1) is 0 Å². The highest BCUT2D eigenvalue weighted by molar-refractivity contribution is 7.56. The number of hydrogen-bond acceptors (Lipinski definition) is 2. The summed E-state index contributed by atoms with van der Waals surface area (Å²) in [5.74, 6) is 0.930. The molecule has 0 aromatic heterocycles. The topological polar surface area (TPSA) is 18.5 Å². The first-order valence-electron chi connectivity index (χ1n) is 7.38. The highest BCUT2D eigenvalue weighted by Gasteiger charge is 2.10. The van der Waals surface area contributed by atoms with E-state index in [0.29, 0.717) is 8.58 Å². The van der Waals surface area contributed by atoms with Gasteiger partial charge in [-0.2, -0.15) is 0 Å². The molecule has 0 spiro atoms. The first-order valence-corrected chi connectivity index (χ1v) is 10.1. The summed E-state index contributed by atoms with van der Waals surface area (Å²) in [6, 6.07) is 13.0. The molecule has 0 heterocycles. The van der Waals surface area contributed by atoms with E-state index >= 15 is 0 Å². The molecule has 2 unspecified atom stereocenters. The second kappa shape index (κ2) is 8.63. The van der Waals surface area contributed by atoms with Crippen LogP contribution in [-0.4, -0.2) is 20.6 Å². The third-order valence-corrected chi connectivity index (χ3v) is 5.81. The number of ether oxygens (including phenoxy) is 2. The number of aryl methyl sites for hydroxylation is 2. The van der Waals surface area contributed by atoms with Crippen LogP contribution >= 0.6 is 17.2 Å². The van der Waals surface area contributed by atoms with Crippen molar-refractivity contribution in [2.75, 3.05) is 20.6 Å². The van der Waals surface area contributed by atoms with Crippen LogP contribution in [0.4, 0.5) is 0 Å². The first-order chi connectivity index (χ1) is 10.7. The molecule has 0 N–H and O–H groups in total. The van der Waals surface area contributed by atoms with Crippen LogP contribution in [0.5, 0.6) is 5.75 Å². The fraction of sp³-hybridized carbons (Fsp3) is 0.333. The van der Waals surface area contributed by atoms with Crippen LogP contribution in [0.3, 0.4) is 0 Å². The standard InChI is InChI=1S/C18H24O2P2/c1-13-8-9-16(20-12-19-3)17(10-13)22-18-14(2)6-5-7-15(18)11-21-4/h5-10,21-22H,11-12H2,1-4H3. The van der Waals surface area contributed by atoms with Crippen molar-refractivity contribution in [2.45, 2.75) is 20.0 Å². The molecule has 118 valence electrons.